The van der Waals surface area contributed by atoms with Crippen LogP contribution in [-0.4, -0.2) is 46.9 Å². The summed E-state index contributed by atoms with van der Waals surface area (Å²) < 4.78 is 5.34. The average molecular weight is 382 g/mol. The predicted octanol–water partition coefficient (Wildman–Crippen LogP) is 2.15. The van der Waals surface area contributed by atoms with E-state index in [0.29, 0.717) is 24.4 Å². The summed E-state index contributed by atoms with van der Waals surface area (Å²) >= 11 is 0. The number of nitrogens with two attached hydrogens (primary N) is 1. The number of primary amides is 1. The first-order valence-corrected chi connectivity index (χ1v) is 9.45. The lowest BCUT2D eigenvalue weighted by atomic mass is 9.95. The summed E-state index contributed by atoms with van der Waals surface area (Å²) in [6.45, 7) is 5.00. The smallest absolute Gasteiger partial charge is 0.257 e. The van der Waals surface area contributed by atoms with E-state index in [1.165, 1.54) is 0 Å². The molecule has 0 bridgehead atoms. The van der Waals surface area contributed by atoms with Crippen LogP contribution in [0.3, 0.4) is 0 Å². The third-order valence-electron chi connectivity index (χ3n) is 5.20. The van der Waals surface area contributed by atoms with Gasteiger partial charge in [0.05, 0.1) is 19.1 Å². The van der Waals surface area contributed by atoms with Crippen molar-refractivity contribution in [2.75, 3.05) is 20.2 Å². The number of rotatable bonds is 5. The van der Waals surface area contributed by atoms with Gasteiger partial charge in [-0.25, -0.2) is 9.97 Å². The highest BCUT2D eigenvalue weighted by Gasteiger charge is 2.29. The summed E-state index contributed by atoms with van der Waals surface area (Å²) in [5.74, 6) is 0.927. The highest BCUT2D eigenvalue weighted by atomic mass is 16.5. The minimum Gasteiger partial charge on any atom is -0.496 e. The van der Waals surface area contributed by atoms with Crippen molar-refractivity contribution < 1.29 is 14.3 Å². The Hall–Kier alpha value is -2.96. The average Bonchev–Trinajstić information content (AvgIpc) is 2.70. The maximum atomic E-state index is 13.0. The molecule has 0 spiro atoms. The van der Waals surface area contributed by atoms with E-state index in [0.717, 1.165) is 35.6 Å². The first kappa shape index (κ1) is 19.8. The zero-order chi connectivity index (χ0) is 20.3. The second kappa shape index (κ2) is 8.37. The van der Waals surface area contributed by atoms with Crippen molar-refractivity contribution in [2.24, 2.45) is 5.73 Å². The second-order valence-corrected chi connectivity index (χ2v) is 7.16. The van der Waals surface area contributed by atoms with E-state index in [1.807, 2.05) is 30.9 Å². The van der Waals surface area contributed by atoms with Crippen LogP contribution in [0, 0.1) is 13.8 Å². The molecule has 2 heterocycles. The van der Waals surface area contributed by atoms with E-state index in [2.05, 4.69) is 9.97 Å². The second-order valence-electron chi connectivity index (χ2n) is 7.16. The Morgan fingerprint density at radius 1 is 1.21 bits per heavy atom. The van der Waals surface area contributed by atoms with Gasteiger partial charge in [-0.3, -0.25) is 9.59 Å². The number of aromatic nitrogens is 2. The summed E-state index contributed by atoms with van der Waals surface area (Å²) in [5, 5.41) is 0. The number of ether oxygens (including phenoxy) is 1. The van der Waals surface area contributed by atoms with E-state index in [1.54, 1.807) is 19.2 Å². The number of carbonyl (C=O) groups excluding carboxylic acids is 2. The number of likely N-dealkylation sites (tertiary alicyclic amines) is 1. The fourth-order valence-corrected chi connectivity index (χ4v) is 3.74. The molecule has 0 saturated carbocycles. The van der Waals surface area contributed by atoms with Crippen LogP contribution in [0.2, 0.25) is 0 Å². The molecule has 2 aromatic rings. The molecule has 0 unspecified atom stereocenters. The van der Waals surface area contributed by atoms with Crippen LogP contribution >= 0.6 is 0 Å². The highest BCUT2D eigenvalue weighted by molar-refractivity contribution is 5.97. The first-order valence-electron chi connectivity index (χ1n) is 9.45. The number of aryl methyl sites for hydroxylation is 2. The number of hydrogen-bond donors (Lipinski definition) is 1. The lowest BCUT2D eigenvalue weighted by Crippen LogP contribution is -2.39. The Labute approximate surface area is 164 Å². The lowest BCUT2D eigenvalue weighted by Gasteiger charge is -2.32. The van der Waals surface area contributed by atoms with Gasteiger partial charge in [-0.2, -0.15) is 0 Å². The molecule has 1 aromatic carbocycles. The van der Waals surface area contributed by atoms with Crippen molar-refractivity contribution in [3.8, 4) is 5.75 Å². The Morgan fingerprint density at radius 3 is 2.54 bits per heavy atom. The van der Waals surface area contributed by atoms with E-state index >= 15 is 0 Å². The summed E-state index contributed by atoms with van der Waals surface area (Å²) in [6, 6.07) is 7.27. The molecule has 1 fully saturated rings. The number of benzene rings is 1. The van der Waals surface area contributed by atoms with Gasteiger partial charge in [0, 0.05) is 36.0 Å². The molecule has 148 valence electrons. The van der Waals surface area contributed by atoms with Crippen LogP contribution < -0.4 is 10.5 Å². The SMILES string of the molecule is COc1ccccc1C(=O)N1CCC[C@H](c2nc(C)c(CC(N)=O)c(C)n2)C1. The molecule has 0 radical (unpaired) electrons. The minimum absolute atomic E-state index is 0.0408. The quantitative estimate of drug-likeness (QED) is 0.854. The van der Waals surface area contributed by atoms with Gasteiger partial charge in [-0.05, 0) is 38.8 Å². The molecule has 1 aromatic heterocycles. The summed E-state index contributed by atoms with van der Waals surface area (Å²) in [7, 11) is 1.57. The molecule has 28 heavy (non-hydrogen) atoms. The van der Waals surface area contributed by atoms with Gasteiger partial charge in [0.2, 0.25) is 5.91 Å². The molecule has 0 aliphatic carbocycles. The highest BCUT2D eigenvalue weighted by Crippen LogP contribution is 2.28. The van der Waals surface area contributed by atoms with E-state index in [4.69, 9.17) is 10.5 Å². The molecule has 7 heteroatoms. The summed E-state index contributed by atoms with van der Waals surface area (Å²) in [4.78, 5) is 35.4. The Morgan fingerprint density at radius 2 is 1.89 bits per heavy atom. The third-order valence-corrected chi connectivity index (χ3v) is 5.20. The number of carbonyl (C=O) groups is 2. The molecule has 1 saturated heterocycles. The lowest BCUT2D eigenvalue weighted by molar-refractivity contribution is -0.117. The maximum absolute atomic E-state index is 13.0. The standard InChI is InChI=1S/C21H26N4O3/c1-13-17(11-19(22)26)14(2)24-20(23-13)15-7-6-10-25(12-15)21(27)16-8-4-5-9-18(16)28-3/h4-5,8-9,15H,6-7,10-12H2,1-3H3,(H2,22,26)/t15-/m0/s1. The number of para-hydroxylation sites is 1. The van der Waals surface area contributed by atoms with Crippen LogP contribution in [0.15, 0.2) is 24.3 Å². The summed E-state index contributed by atoms with van der Waals surface area (Å²) in [6.07, 6.45) is 1.95. The van der Waals surface area contributed by atoms with Crippen LogP contribution in [0.5, 0.6) is 5.75 Å². The first-order chi connectivity index (χ1) is 13.4. The van der Waals surface area contributed by atoms with Gasteiger partial charge in [-0.15, -0.1) is 0 Å². The van der Waals surface area contributed by atoms with Crippen LogP contribution in [0.4, 0.5) is 0 Å². The topological polar surface area (TPSA) is 98.4 Å². The number of hydrogen-bond acceptors (Lipinski definition) is 5. The minimum atomic E-state index is -0.395. The Balaban J connectivity index is 1.82. The third kappa shape index (κ3) is 4.13. The van der Waals surface area contributed by atoms with Gasteiger partial charge >= 0.3 is 0 Å². The molecule has 2 N–H and O–H groups in total. The predicted molar refractivity (Wildman–Crippen MR) is 105 cm³/mol. The Bertz CT molecular complexity index is 874. The number of piperidine rings is 1. The van der Waals surface area contributed by atoms with Crippen molar-refractivity contribution in [1.29, 1.82) is 0 Å². The molecule has 1 atom stereocenters. The van der Waals surface area contributed by atoms with E-state index in [9.17, 15) is 9.59 Å². The Kier molecular flexibility index (Phi) is 5.92. The van der Waals surface area contributed by atoms with Crippen LogP contribution in [-0.2, 0) is 11.2 Å². The van der Waals surface area contributed by atoms with Gasteiger partial charge in [0.25, 0.3) is 5.91 Å². The number of amides is 2. The van der Waals surface area contributed by atoms with Crippen LogP contribution in [0.25, 0.3) is 0 Å². The van der Waals surface area contributed by atoms with Crippen LogP contribution in [0.1, 0.15) is 51.9 Å². The van der Waals surface area contributed by atoms with Crippen molar-refractivity contribution in [1.82, 2.24) is 14.9 Å². The normalized spacial score (nSPS) is 16.7. The van der Waals surface area contributed by atoms with Gasteiger partial charge in [-0.1, -0.05) is 12.1 Å². The molecular formula is C21H26N4O3. The van der Waals surface area contributed by atoms with E-state index < -0.39 is 5.91 Å². The molecule has 3 rings (SSSR count). The zero-order valence-corrected chi connectivity index (χ0v) is 16.6. The van der Waals surface area contributed by atoms with Crippen molar-refractivity contribution in [3.05, 3.63) is 52.6 Å². The van der Waals surface area contributed by atoms with Gasteiger partial charge in [0.15, 0.2) is 0 Å². The number of methoxy groups -OCH3 is 1. The molecular weight excluding hydrogens is 356 g/mol. The molecule has 7 nitrogen and oxygen atoms in total. The molecule has 2 amide bonds. The van der Waals surface area contributed by atoms with E-state index in [-0.39, 0.29) is 18.2 Å². The van der Waals surface area contributed by atoms with Crippen molar-refractivity contribution in [2.45, 2.75) is 39.0 Å². The monoisotopic (exact) mass is 382 g/mol. The zero-order valence-electron chi connectivity index (χ0n) is 16.6. The fraction of sp³-hybridized carbons (Fsp3) is 0.429. The van der Waals surface area contributed by atoms with Gasteiger partial charge < -0.3 is 15.4 Å². The summed E-state index contributed by atoms with van der Waals surface area (Å²) in [5.41, 5.74) is 8.22. The molecule has 1 aliphatic rings. The molecule has 1 aliphatic heterocycles. The fourth-order valence-electron chi connectivity index (χ4n) is 3.74. The maximum Gasteiger partial charge on any atom is 0.257 e. The number of nitrogens with zero attached hydrogens (tertiary/aromatic N) is 3. The van der Waals surface area contributed by atoms with Gasteiger partial charge in [0.1, 0.15) is 11.6 Å². The van der Waals surface area contributed by atoms with Crippen molar-refractivity contribution >= 4 is 11.8 Å². The van der Waals surface area contributed by atoms with Crippen molar-refractivity contribution in [3.63, 3.8) is 0 Å². The largest absolute Gasteiger partial charge is 0.496 e.